The number of fused-ring (bicyclic) bond motifs is 4. The van der Waals surface area contributed by atoms with Gasteiger partial charge in [0.1, 0.15) is 17.3 Å². The van der Waals surface area contributed by atoms with Gasteiger partial charge in [0.05, 0.1) is 12.2 Å². The molecule has 7 heteroatoms. The molecule has 4 heterocycles. The average molecular weight is 383 g/mol. The summed E-state index contributed by atoms with van der Waals surface area (Å²) in [5, 5.41) is 4.59. The molecule has 6 nitrogen and oxygen atoms in total. The zero-order valence-electron chi connectivity index (χ0n) is 15.5. The number of hydrogen-bond donors (Lipinski definition) is 1. The molecule has 0 aliphatic carbocycles. The number of aromatic nitrogens is 2. The number of nitrogens with one attached hydrogen (secondary N) is 1. The summed E-state index contributed by atoms with van der Waals surface area (Å²) < 4.78 is 0. The van der Waals surface area contributed by atoms with Gasteiger partial charge in [-0.3, -0.25) is 9.89 Å². The first-order valence-corrected chi connectivity index (χ1v) is 9.92. The van der Waals surface area contributed by atoms with E-state index in [-0.39, 0.29) is 5.66 Å². The first-order valence-electron chi connectivity index (χ1n) is 9.54. The molecule has 1 spiro atoms. The molecule has 0 atom stereocenters. The number of benzene rings is 1. The number of hydrogen-bond acceptors (Lipinski definition) is 6. The molecule has 0 radical (unpaired) electrons. The molecule has 5 rings (SSSR count). The summed E-state index contributed by atoms with van der Waals surface area (Å²) in [5.41, 5.74) is 3.31. The lowest BCUT2D eigenvalue weighted by molar-refractivity contribution is 0.0888. The third-order valence-corrected chi connectivity index (χ3v) is 6.09. The number of piperidine rings is 1. The maximum Gasteiger partial charge on any atom is 0.134 e. The maximum absolute atomic E-state index is 6.26. The van der Waals surface area contributed by atoms with E-state index in [2.05, 4.69) is 31.2 Å². The van der Waals surface area contributed by atoms with Crippen molar-refractivity contribution in [2.75, 3.05) is 31.5 Å². The van der Waals surface area contributed by atoms with Crippen LogP contribution in [-0.2, 0) is 6.54 Å². The minimum Gasteiger partial charge on any atom is -0.362 e. The Kier molecular flexibility index (Phi) is 4.06. The Morgan fingerprint density at radius 1 is 1.19 bits per heavy atom. The van der Waals surface area contributed by atoms with Crippen molar-refractivity contribution in [1.29, 1.82) is 0 Å². The van der Waals surface area contributed by atoms with Crippen molar-refractivity contribution in [2.24, 2.45) is 4.99 Å². The van der Waals surface area contributed by atoms with Crippen LogP contribution in [0.15, 0.2) is 35.5 Å². The Morgan fingerprint density at radius 3 is 2.85 bits per heavy atom. The number of nitrogens with zero attached hydrogens (tertiary/aromatic N) is 5. The number of aliphatic imine (C=N–C) groups is 1. The van der Waals surface area contributed by atoms with E-state index in [0.717, 1.165) is 73.6 Å². The van der Waals surface area contributed by atoms with Gasteiger partial charge in [0.2, 0.25) is 0 Å². The van der Waals surface area contributed by atoms with Gasteiger partial charge < -0.3 is 10.2 Å². The van der Waals surface area contributed by atoms with E-state index in [0.29, 0.717) is 0 Å². The monoisotopic (exact) mass is 382 g/mol. The third kappa shape index (κ3) is 2.97. The van der Waals surface area contributed by atoms with E-state index in [1.807, 2.05) is 31.3 Å². The van der Waals surface area contributed by atoms with Gasteiger partial charge in [0.15, 0.2) is 0 Å². The Labute approximate surface area is 164 Å². The predicted octanol–water partition coefficient (Wildman–Crippen LogP) is 2.92. The Morgan fingerprint density at radius 2 is 2.04 bits per heavy atom. The average Bonchev–Trinajstić information content (AvgIpc) is 3.15. The number of halogens is 1. The quantitative estimate of drug-likeness (QED) is 0.865. The number of aryl methyl sites for hydroxylation is 1. The zero-order chi connectivity index (χ0) is 18.4. The molecule has 1 fully saturated rings. The van der Waals surface area contributed by atoms with Crippen LogP contribution in [0.2, 0.25) is 5.02 Å². The van der Waals surface area contributed by atoms with E-state index >= 15 is 0 Å². The highest BCUT2D eigenvalue weighted by atomic mass is 35.5. The highest BCUT2D eigenvalue weighted by Gasteiger charge is 2.46. The van der Waals surface area contributed by atoms with Gasteiger partial charge in [-0.05, 0) is 31.2 Å². The fourth-order valence-electron chi connectivity index (χ4n) is 4.53. The van der Waals surface area contributed by atoms with Crippen molar-refractivity contribution in [3.8, 4) is 0 Å². The lowest BCUT2D eigenvalue weighted by Gasteiger charge is -2.52. The molecule has 1 saturated heterocycles. The standard InChI is InChI=1S/C20H23ClN6/c1-14-22-7-4-16(24-14)13-26-9-5-20(6-10-26)25-18-12-15(21)2-3-17(18)19-23-8-11-27(19)20/h2-4,7,12,25H,5-6,8-11,13H2,1H3. The summed E-state index contributed by atoms with van der Waals surface area (Å²) in [7, 11) is 0. The number of anilines is 1. The summed E-state index contributed by atoms with van der Waals surface area (Å²) in [4.78, 5) is 18.5. The maximum atomic E-state index is 6.26. The lowest BCUT2D eigenvalue weighted by atomic mass is 9.90. The topological polar surface area (TPSA) is 56.7 Å². The molecule has 1 aromatic heterocycles. The lowest BCUT2D eigenvalue weighted by Crippen LogP contribution is -2.63. The molecular weight excluding hydrogens is 360 g/mol. The molecule has 3 aliphatic heterocycles. The highest BCUT2D eigenvalue weighted by Crippen LogP contribution is 2.40. The van der Waals surface area contributed by atoms with E-state index in [4.69, 9.17) is 16.6 Å². The van der Waals surface area contributed by atoms with E-state index in [9.17, 15) is 0 Å². The second-order valence-electron chi connectivity index (χ2n) is 7.57. The van der Waals surface area contributed by atoms with Gasteiger partial charge in [-0.15, -0.1) is 0 Å². The Bertz CT molecular complexity index is 903. The molecule has 3 aliphatic rings. The first kappa shape index (κ1) is 17.0. The molecule has 1 N–H and O–H groups in total. The van der Waals surface area contributed by atoms with Crippen LogP contribution in [-0.4, -0.2) is 57.4 Å². The van der Waals surface area contributed by atoms with Crippen LogP contribution >= 0.6 is 11.6 Å². The van der Waals surface area contributed by atoms with Crippen molar-refractivity contribution >= 4 is 23.1 Å². The fourth-order valence-corrected chi connectivity index (χ4v) is 4.70. The summed E-state index contributed by atoms with van der Waals surface area (Å²) in [6.45, 7) is 6.71. The van der Waals surface area contributed by atoms with E-state index < -0.39 is 0 Å². The normalized spacial score (nSPS) is 20.8. The van der Waals surface area contributed by atoms with Gasteiger partial charge in [-0.25, -0.2) is 9.97 Å². The molecule has 0 saturated carbocycles. The molecule has 2 aromatic rings. The number of rotatable bonds is 2. The minimum absolute atomic E-state index is 0.0644. The van der Waals surface area contributed by atoms with Crippen molar-refractivity contribution in [3.63, 3.8) is 0 Å². The number of likely N-dealkylation sites (tertiary alicyclic amines) is 1. The Hall–Kier alpha value is -2.18. The molecular formula is C20H23ClN6. The van der Waals surface area contributed by atoms with Gasteiger partial charge in [-0.1, -0.05) is 11.6 Å². The summed E-state index contributed by atoms with van der Waals surface area (Å²) in [6.07, 6.45) is 3.93. The molecule has 0 unspecified atom stereocenters. The molecule has 1 aromatic carbocycles. The third-order valence-electron chi connectivity index (χ3n) is 5.85. The smallest absolute Gasteiger partial charge is 0.134 e. The molecule has 0 bridgehead atoms. The zero-order valence-corrected chi connectivity index (χ0v) is 16.2. The summed E-state index contributed by atoms with van der Waals surface area (Å²) in [5.74, 6) is 1.96. The largest absolute Gasteiger partial charge is 0.362 e. The SMILES string of the molecule is Cc1nccc(CN2CCC3(CC2)Nc2cc(Cl)ccc2C2=NCCN23)n1. The van der Waals surface area contributed by atoms with Crippen LogP contribution in [0.4, 0.5) is 5.69 Å². The predicted molar refractivity (Wildman–Crippen MR) is 107 cm³/mol. The minimum atomic E-state index is -0.0644. The van der Waals surface area contributed by atoms with Crippen molar-refractivity contribution in [3.05, 3.63) is 52.6 Å². The first-order chi connectivity index (χ1) is 13.1. The van der Waals surface area contributed by atoms with Gasteiger partial charge in [-0.2, -0.15) is 0 Å². The second kappa shape index (κ2) is 6.46. The molecule has 0 amide bonds. The van der Waals surface area contributed by atoms with Gasteiger partial charge >= 0.3 is 0 Å². The summed E-state index contributed by atoms with van der Waals surface area (Å²) >= 11 is 6.26. The van der Waals surface area contributed by atoms with Crippen LogP contribution < -0.4 is 5.32 Å². The number of amidine groups is 1. The molecule has 27 heavy (non-hydrogen) atoms. The van der Waals surface area contributed by atoms with Crippen LogP contribution in [0, 0.1) is 6.92 Å². The van der Waals surface area contributed by atoms with Crippen molar-refractivity contribution in [1.82, 2.24) is 19.8 Å². The van der Waals surface area contributed by atoms with E-state index in [1.54, 1.807) is 0 Å². The summed E-state index contributed by atoms with van der Waals surface area (Å²) in [6, 6.07) is 8.08. The Balaban J connectivity index is 1.36. The van der Waals surface area contributed by atoms with Crippen molar-refractivity contribution < 1.29 is 0 Å². The van der Waals surface area contributed by atoms with Gasteiger partial charge in [0.25, 0.3) is 0 Å². The van der Waals surface area contributed by atoms with Crippen LogP contribution in [0.5, 0.6) is 0 Å². The van der Waals surface area contributed by atoms with Crippen LogP contribution in [0.25, 0.3) is 0 Å². The second-order valence-corrected chi connectivity index (χ2v) is 8.01. The van der Waals surface area contributed by atoms with E-state index in [1.165, 1.54) is 5.56 Å². The van der Waals surface area contributed by atoms with Crippen LogP contribution in [0.1, 0.15) is 29.9 Å². The van der Waals surface area contributed by atoms with Crippen molar-refractivity contribution in [2.45, 2.75) is 32.0 Å². The van der Waals surface area contributed by atoms with Gasteiger partial charge in [0, 0.05) is 61.5 Å². The highest BCUT2D eigenvalue weighted by molar-refractivity contribution is 6.31. The fraction of sp³-hybridized carbons (Fsp3) is 0.450. The molecule has 140 valence electrons. The van der Waals surface area contributed by atoms with Crippen LogP contribution in [0.3, 0.4) is 0 Å².